The van der Waals surface area contributed by atoms with Crippen LogP contribution in [0, 0.1) is 6.92 Å². The third-order valence-corrected chi connectivity index (χ3v) is 5.88. The van der Waals surface area contributed by atoms with E-state index in [1.54, 1.807) is 47.9 Å². The summed E-state index contributed by atoms with van der Waals surface area (Å²) in [6.07, 6.45) is 2.20. The van der Waals surface area contributed by atoms with Crippen molar-refractivity contribution in [3.8, 4) is 11.4 Å². The fourth-order valence-electron chi connectivity index (χ4n) is 4.14. The summed E-state index contributed by atoms with van der Waals surface area (Å²) in [7, 11) is 0. The molecule has 7 heteroatoms. The highest BCUT2D eigenvalue weighted by Gasteiger charge is 2.16. The molecule has 4 aromatic rings. The van der Waals surface area contributed by atoms with E-state index in [1.165, 1.54) is 0 Å². The Morgan fingerprint density at radius 1 is 1.12 bits per heavy atom. The minimum absolute atomic E-state index is 0.130. The van der Waals surface area contributed by atoms with Crippen molar-refractivity contribution in [3.63, 3.8) is 0 Å². The topological polar surface area (TPSA) is 82.5 Å². The number of rotatable bonds is 6. The number of fused-ring (bicyclic) bond motifs is 1. The van der Waals surface area contributed by atoms with Crippen molar-refractivity contribution < 1.29 is 14.3 Å². The van der Waals surface area contributed by atoms with Gasteiger partial charge >= 0.3 is 0 Å². The molecule has 1 N–H and O–H groups in total. The average Bonchev–Trinajstić information content (AvgIpc) is 3.37. The molecule has 1 saturated heterocycles. The molecular formula is C27H25N3O4. The van der Waals surface area contributed by atoms with Crippen LogP contribution in [0.2, 0.25) is 0 Å². The summed E-state index contributed by atoms with van der Waals surface area (Å²) >= 11 is 0. The van der Waals surface area contributed by atoms with Gasteiger partial charge in [0.25, 0.3) is 11.5 Å². The van der Waals surface area contributed by atoms with Crippen molar-refractivity contribution in [2.24, 2.45) is 0 Å². The van der Waals surface area contributed by atoms with Gasteiger partial charge in [0.05, 0.1) is 22.7 Å². The maximum atomic E-state index is 13.0. The number of para-hydroxylation sites is 1. The molecule has 7 nitrogen and oxygen atoms in total. The maximum absolute atomic E-state index is 13.0. The highest BCUT2D eigenvalue weighted by Crippen LogP contribution is 2.21. The first kappa shape index (κ1) is 21.9. The van der Waals surface area contributed by atoms with Crippen LogP contribution in [0.4, 0.5) is 5.69 Å². The minimum atomic E-state index is -0.247. The number of nitrogens with zero attached hydrogens (tertiary/aromatic N) is 2. The molecule has 0 saturated carbocycles. The Hall–Kier alpha value is -3.97. The Kier molecular flexibility index (Phi) is 6.10. The molecule has 1 aliphatic rings. The number of benzene rings is 3. The molecule has 2 heterocycles. The molecule has 1 atom stereocenters. The van der Waals surface area contributed by atoms with E-state index in [2.05, 4.69) is 10.3 Å². The molecular weight excluding hydrogens is 430 g/mol. The largest absolute Gasteiger partial charge is 0.491 e. The van der Waals surface area contributed by atoms with Gasteiger partial charge in [0.1, 0.15) is 18.2 Å². The van der Waals surface area contributed by atoms with Crippen LogP contribution in [0.5, 0.6) is 5.75 Å². The lowest BCUT2D eigenvalue weighted by atomic mass is 10.1. The van der Waals surface area contributed by atoms with Gasteiger partial charge in [-0.3, -0.25) is 14.2 Å². The van der Waals surface area contributed by atoms with Crippen molar-refractivity contribution >= 4 is 22.5 Å². The fraction of sp³-hybridized carbons (Fsp3) is 0.222. The van der Waals surface area contributed by atoms with Gasteiger partial charge in [0.15, 0.2) is 0 Å². The Bertz CT molecular complexity index is 1390. The number of ether oxygens (including phenoxy) is 2. The lowest BCUT2D eigenvalue weighted by molar-refractivity contribution is 0.0680. The molecule has 1 fully saturated rings. The van der Waals surface area contributed by atoms with Crippen LogP contribution < -0.4 is 15.6 Å². The number of carbonyl (C=O) groups is 1. The van der Waals surface area contributed by atoms with E-state index in [1.807, 2.05) is 36.4 Å². The Balaban J connectivity index is 1.31. The molecule has 3 aromatic carbocycles. The fourth-order valence-corrected chi connectivity index (χ4v) is 4.14. The first-order valence-corrected chi connectivity index (χ1v) is 11.3. The van der Waals surface area contributed by atoms with Crippen LogP contribution in [-0.2, 0) is 4.74 Å². The average molecular weight is 456 g/mol. The van der Waals surface area contributed by atoms with E-state index in [9.17, 15) is 9.59 Å². The van der Waals surface area contributed by atoms with Crippen LogP contribution in [0.25, 0.3) is 16.6 Å². The Morgan fingerprint density at radius 3 is 2.74 bits per heavy atom. The third-order valence-electron chi connectivity index (χ3n) is 5.88. The van der Waals surface area contributed by atoms with Crippen LogP contribution >= 0.6 is 0 Å². The van der Waals surface area contributed by atoms with Crippen LogP contribution in [0.3, 0.4) is 0 Å². The number of anilines is 1. The standard InChI is InChI=1S/C27H25N3O4/c1-18-28-25-10-3-2-9-24(25)27(32)30(18)21-13-11-19(12-14-21)26(31)29-20-6-4-7-22(16-20)34-17-23-8-5-15-33-23/h2-4,6-7,9-14,16,23H,5,8,15,17H2,1H3,(H,29,31)/t23-/m0/s1. The third kappa shape index (κ3) is 4.56. The number of aryl methyl sites for hydroxylation is 1. The summed E-state index contributed by atoms with van der Waals surface area (Å²) in [5.74, 6) is 1.02. The number of hydrogen-bond acceptors (Lipinski definition) is 5. The van der Waals surface area contributed by atoms with Crippen molar-refractivity contribution in [2.45, 2.75) is 25.9 Å². The van der Waals surface area contributed by atoms with Gasteiger partial charge in [-0.25, -0.2) is 4.98 Å². The SMILES string of the molecule is Cc1nc2ccccc2c(=O)n1-c1ccc(C(=O)Nc2cccc(OC[C@@H]3CCCO3)c2)cc1. The van der Waals surface area contributed by atoms with Crippen molar-refractivity contribution in [3.05, 3.63) is 94.5 Å². The zero-order valence-electron chi connectivity index (χ0n) is 18.9. The van der Waals surface area contributed by atoms with Crippen molar-refractivity contribution in [2.75, 3.05) is 18.5 Å². The molecule has 1 amide bonds. The summed E-state index contributed by atoms with van der Waals surface area (Å²) in [6, 6.07) is 21.5. The second kappa shape index (κ2) is 9.49. The molecule has 0 aliphatic carbocycles. The van der Waals surface area contributed by atoms with E-state index in [0.29, 0.717) is 46.0 Å². The Morgan fingerprint density at radius 2 is 1.94 bits per heavy atom. The number of aromatic nitrogens is 2. The lowest BCUT2D eigenvalue weighted by Gasteiger charge is -2.13. The number of nitrogens with one attached hydrogen (secondary N) is 1. The van der Waals surface area contributed by atoms with Crippen molar-refractivity contribution in [1.29, 1.82) is 0 Å². The Labute approximate surface area is 197 Å². The monoisotopic (exact) mass is 455 g/mol. The zero-order chi connectivity index (χ0) is 23.5. The van der Waals surface area contributed by atoms with Gasteiger partial charge in [-0.2, -0.15) is 0 Å². The molecule has 0 bridgehead atoms. The van der Waals surface area contributed by atoms with E-state index < -0.39 is 0 Å². The minimum Gasteiger partial charge on any atom is -0.491 e. The van der Waals surface area contributed by atoms with Crippen LogP contribution in [0.15, 0.2) is 77.6 Å². The first-order valence-electron chi connectivity index (χ1n) is 11.3. The maximum Gasteiger partial charge on any atom is 0.265 e. The van der Waals surface area contributed by atoms with Crippen LogP contribution in [0.1, 0.15) is 29.0 Å². The molecule has 0 spiro atoms. The summed E-state index contributed by atoms with van der Waals surface area (Å²) in [6.45, 7) is 3.08. The van der Waals surface area contributed by atoms with Crippen molar-refractivity contribution in [1.82, 2.24) is 9.55 Å². The van der Waals surface area contributed by atoms with Gasteiger partial charge in [0.2, 0.25) is 0 Å². The highest BCUT2D eigenvalue weighted by atomic mass is 16.5. The zero-order valence-corrected chi connectivity index (χ0v) is 18.9. The first-order chi connectivity index (χ1) is 16.6. The second-order valence-corrected chi connectivity index (χ2v) is 8.29. The van der Waals surface area contributed by atoms with Gasteiger partial charge in [-0.05, 0) is 68.3 Å². The molecule has 172 valence electrons. The van der Waals surface area contributed by atoms with Gasteiger partial charge in [-0.15, -0.1) is 0 Å². The predicted molar refractivity (Wildman–Crippen MR) is 131 cm³/mol. The molecule has 0 unspecified atom stereocenters. The molecule has 34 heavy (non-hydrogen) atoms. The molecule has 5 rings (SSSR count). The van der Waals surface area contributed by atoms with Gasteiger partial charge < -0.3 is 14.8 Å². The quantitative estimate of drug-likeness (QED) is 0.463. The summed E-state index contributed by atoms with van der Waals surface area (Å²) in [4.78, 5) is 30.3. The molecule has 1 aromatic heterocycles. The predicted octanol–water partition coefficient (Wildman–Crippen LogP) is 4.50. The number of amides is 1. The van der Waals surface area contributed by atoms with E-state index in [4.69, 9.17) is 9.47 Å². The molecule has 1 aliphatic heterocycles. The second-order valence-electron chi connectivity index (χ2n) is 8.29. The van der Waals surface area contributed by atoms with Gasteiger partial charge in [-0.1, -0.05) is 18.2 Å². The van der Waals surface area contributed by atoms with E-state index >= 15 is 0 Å². The highest BCUT2D eigenvalue weighted by molar-refractivity contribution is 6.04. The van der Waals surface area contributed by atoms with E-state index in [0.717, 1.165) is 19.4 Å². The lowest BCUT2D eigenvalue weighted by Crippen LogP contribution is -2.22. The smallest absolute Gasteiger partial charge is 0.265 e. The number of carbonyl (C=O) groups excluding carboxylic acids is 1. The van der Waals surface area contributed by atoms with Gasteiger partial charge in [0, 0.05) is 23.9 Å². The number of hydrogen-bond donors (Lipinski definition) is 1. The van der Waals surface area contributed by atoms with Crippen LogP contribution in [-0.4, -0.2) is 34.8 Å². The normalized spacial score (nSPS) is 15.4. The summed E-state index contributed by atoms with van der Waals surface area (Å²) < 4.78 is 13.0. The van der Waals surface area contributed by atoms with E-state index in [-0.39, 0.29) is 17.6 Å². The summed E-state index contributed by atoms with van der Waals surface area (Å²) in [5.41, 5.74) is 2.31. The summed E-state index contributed by atoms with van der Waals surface area (Å²) in [5, 5.41) is 3.45. The molecule has 0 radical (unpaired) electrons.